The van der Waals surface area contributed by atoms with Crippen molar-refractivity contribution in [3.05, 3.63) is 68.1 Å². The van der Waals surface area contributed by atoms with E-state index >= 15 is 0 Å². The lowest BCUT2D eigenvalue weighted by Gasteiger charge is -2.20. The van der Waals surface area contributed by atoms with Gasteiger partial charge < -0.3 is 14.6 Å². The van der Waals surface area contributed by atoms with E-state index < -0.39 is 0 Å². The molecule has 0 amide bonds. The summed E-state index contributed by atoms with van der Waals surface area (Å²) in [5.74, 6) is 0.881. The first-order chi connectivity index (χ1) is 16.8. The van der Waals surface area contributed by atoms with Gasteiger partial charge in [-0.1, -0.05) is 29.3 Å². The van der Waals surface area contributed by atoms with Crippen LogP contribution in [0.4, 0.5) is 0 Å². The number of ether oxygens (including phenoxy) is 1. The third-order valence-corrected chi connectivity index (χ3v) is 8.12. The Hall–Kier alpha value is -2.47. The van der Waals surface area contributed by atoms with Gasteiger partial charge in [0.05, 0.1) is 22.8 Å². The number of aryl methyl sites for hydroxylation is 5. The molecule has 0 saturated heterocycles. The molecular formula is C28H32Cl2N4O. The molecule has 0 bridgehead atoms. The standard InChI is InChI=1S/C28H32Cl2N4O/c1-16-13-20(14-17(2)27(16)30)35-12-6-7-21-22-8-9-23(29)26(25-18(3)32-33(5)19(25)4)28(22)34-11-10-31-15-24(21)34/h8-9,13-14,31H,6-7,10-12,15H2,1-5H3. The number of hydrogen-bond acceptors (Lipinski definition) is 3. The van der Waals surface area contributed by atoms with E-state index in [-0.39, 0.29) is 0 Å². The monoisotopic (exact) mass is 510 g/mol. The maximum absolute atomic E-state index is 6.88. The minimum atomic E-state index is 0.654. The maximum atomic E-state index is 6.88. The molecule has 35 heavy (non-hydrogen) atoms. The average molecular weight is 511 g/mol. The average Bonchev–Trinajstić information content (AvgIpc) is 3.28. The van der Waals surface area contributed by atoms with Gasteiger partial charge in [-0.3, -0.25) is 4.68 Å². The van der Waals surface area contributed by atoms with Crippen molar-refractivity contribution >= 4 is 34.1 Å². The molecule has 0 atom stereocenters. The molecule has 7 heteroatoms. The van der Waals surface area contributed by atoms with E-state index in [0.717, 1.165) is 81.9 Å². The van der Waals surface area contributed by atoms with Crippen molar-refractivity contribution in [2.24, 2.45) is 7.05 Å². The zero-order chi connectivity index (χ0) is 24.9. The smallest absolute Gasteiger partial charge is 0.119 e. The number of benzene rings is 2. The van der Waals surface area contributed by atoms with Crippen molar-refractivity contribution in [2.75, 3.05) is 13.2 Å². The van der Waals surface area contributed by atoms with Crippen molar-refractivity contribution < 1.29 is 4.74 Å². The van der Waals surface area contributed by atoms with Crippen molar-refractivity contribution in [3.63, 3.8) is 0 Å². The van der Waals surface area contributed by atoms with Gasteiger partial charge in [0.2, 0.25) is 0 Å². The Morgan fingerprint density at radius 2 is 1.80 bits per heavy atom. The van der Waals surface area contributed by atoms with E-state index in [1.54, 1.807) is 0 Å². The Balaban J connectivity index is 1.50. The van der Waals surface area contributed by atoms with Crippen LogP contribution in [0.3, 0.4) is 0 Å². The van der Waals surface area contributed by atoms with Crippen LogP contribution in [0.2, 0.25) is 10.0 Å². The van der Waals surface area contributed by atoms with Gasteiger partial charge in [-0.25, -0.2) is 0 Å². The van der Waals surface area contributed by atoms with Gasteiger partial charge in [-0.15, -0.1) is 0 Å². The van der Waals surface area contributed by atoms with E-state index in [2.05, 4.69) is 34.9 Å². The Bertz CT molecular complexity index is 1410. The van der Waals surface area contributed by atoms with Crippen LogP contribution in [0.15, 0.2) is 24.3 Å². The molecule has 5 rings (SSSR count). The predicted octanol–water partition coefficient (Wildman–Crippen LogP) is 6.70. The summed E-state index contributed by atoms with van der Waals surface area (Å²) in [5, 5.41) is 11.1. The van der Waals surface area contributed by atoms with Gasteiger partial charge in [0, 0.05) is 59.6 Å². The molecule has 2 aromatic carbocycles. The molecule has 0 aliphatic carbocycles. The largest absolute Gasteiger partial charge is 0.494 e. The summed E-state index contributed by atoms with van der Waals surface area (Å²) in [6.07, 6.45) is 1.87. The zero-order valence-corrected chi connectivity index (χ0v) is 22.6. The van der Waals surface area contributed by atoms with Gasteiger partial charge in [-0.2, -0.15) is 5.10 Å². The molecule has 0 saturated carbocycles. The summed E-state index contributed by atoms with van der Waals surface area (Å²) in [7, 11) is 1.99. The summed E-state index contributed by atoms with van der Waals surface area (Å²) in [5.41, 5.74) is 10.4. The highest BCUT2D eigenvalue weighted by Gasteiger charge is 2.25. The molecule has 0 spiro atoms. The fourth-order valence-electron chi connectivity index (χ4n) is 5.47. The number of nitrogens with one attached hydrogen (secondary N) is 1. The SMILES string of the molecule is Cc1cc(OCCCc2c3n(c4c(-c5c(C)nn(C)c5C)c(Cl)ccc24)CCNC3)cc(C)c1Cl. The minimum absolute atomic E-state index is 0.654. The molecule has 2 aromatic heterocycles. The predicted molar refractivity (Wildman–Crippen MR) is 145 cm³/mol. The molecular weight excluding hydrogens is 479 g/mol. The summed E-state index contributed by atoms with van der Waals surface area (Å²) in [6.45, 7) is 11.6. The second kappa shape index (κ2) is 9.53. The highest BCUT2D eigenvalue weighted by atomic mass is 35.5. The molecule has 5 nitrogen and oxygen atoms in total. The Labute approximate surface area is 217 Å². The number of hydrogen-bond donors (Lipinski definition) is 1. The van der Waals surface area contributed by atoms with E-state index in [0.29, 0.717) is 6.61 Å². The van der Waals surface area contributed by atoms with Crippen LogP contribution in [0.1, 0.15) is 40.2 Å². The maximum Gasteiger partial charge on any atom is 0.119 e. The lowest BCUT2D eigenvalue weighted by Crippen LogP contribution is -2.28. The van der Waals surface area contributed by atoms with Crippen LogP contribution in [0.25, 0.3) is 22.0 Å². The van der Waals surface area contributed by atoms with Gasteiger partial charge >= 0.3 is 0 Å². The van der Waals surface area contributed by atoms with Crippen molar-refractivity contribution in [3.8, 4) is 16.9 Å². The van der Waals surface area contributed by atoms with Crippen molar-refractivity contribution in [2.45, 2.75) is 53.6 Å². The number of fused-ring (bicyclic) bond motifs is 3. The van der Waals surface area contributed by atoms with Gasteiger partial charge in [0.15, 0.2) is 0 Å². The van der Waals surface area contributed by atoms with Crippen LogP contribution >= 0.6 is 23.2 Å². The van der Waals surface area contributed by atoms with Gasteiger partial charge in [0.1, 0.15) is 5.75 Å². The molecule has 3 heterocycles. The molecule has 1 aliphatic heterocycles. The lowest BCUT2D eigenvalue weighted by atomic mass is 9.98. The van der Waals surface area contributed by atoms with Gasteiger partial charge in [0.25, 0.3) is 0 Å². The first kappa shape index (κ1) is 24.2. The Kier molecular flexibility index (Phi) is 6.60. The highest BCUT2D eigenvalue weighted by molar-refractivity contribution is 6.35. The van der Waals surface area contributed by atoms with E-state index in [9.17, 15) is 0 Å². The van der Waals surface area contributed by atoms with Crippen LogP contribution in [-0.4, -0.2) is 27.5 Å². The first-order valence-corrected chi connectivity index (χ1v) is 13.0. The second-order valence-electron chi connectivity index (χ2n) is 9.56. The second-order valence-corrected chi connectivity index (χ2v) is 10.3. The number of halogens is 2. The summed E-state index contributed by atoms with van der Waals surface area (Å²) < 4.78 is 10.5. The molecule has 0 fully saturated rings. The van der Waals surface area contributed by atoms with Crippen LogP contribution in [0, 0.1) is 27.7 Å². The third-order valence-electron chi connectivity index (χ3n) is 7.21. The fraction of sp³-hybridized carbons (Fsp3) is 0.393. The van der Waals surface area contributed by atoms with E-state index in [1.807, 2.05) is 43.8 Å². The normalized spacial score (nSPS) is 13.5. The van der Waals surface area contributed by atoms with Crippen LogP contribution < -0.4 is 10.1 Å². The molecule has 4 aromatic rings. The summed E-state index contributed by atoms with van der Waals surface area (Å²) in [4.78, 5) is 0. The Morgan fingerprint density at radius 3 is 2.49 bits per heavy atom. The topological polar surface area (TPSA) is 44.0 Å². The zero-order valence-electron chi connectivity index (χ0n) is 21.1. The first-order valence-electron chi connectivity index (χ1n) is 12.2. The lowest BCUT2D eigenvalue weighted by molar-refractivity contribution is 0.310. The van der Waals surface area contributed by atoms with E-state index in [4.69, 9.17) is 27.9 Å². The van der Waals surface area contributed by atoms with Crippen molar-refractivity contribution in [1.82, 2.24) is 19.7 Å². The minimum Gasteiger partial charge on any atom is -0.494 e. The highest BCUT2D eigenvalue weighted by Crippen LogP contribution is 2.42. The summed E-state index contributed by atoms with van der Waals surface area (Å²) in [6, 6.07) is 8.27. The van der Waals surface area contributed by atoms with E-state index in [1.165, 1.54) is 22.2 Å². The molecule has 1 aliphatic rings. The number of rotatable bonds is 6. The number of nitrogens with zero attached hydrogens (tertiary/aromatic N) is 3. The van der Waals surface area contributed by atoms with Crippen molar-refractivity contribution in [1.29, 1.82) is 0 Å². The Morgan fingerprint density at radius 1 is 1.06 bits per heavy atom. The third kappa shape index (κ3) is 4.24. The molecule has 0 unspecified atom stereocenters. The van der Waals surface area contributed by atoms with Gasteiger partial charge in [-0.05, 0) is 75.4 Å². The fourth-order valence-corrected chi connectivity index (χ4v) is 5.83. The van der Waals surface area contributed by atoms with Crippen LogP contribution in [-0.2, 0) is 26.6 Å². The molecule has 0 radical (unpaired) electrons. The molecule has 184 valence electrons. The number of aromatic nitrogens is 3. The summed E-state index contributed by atoms with van der Waals surface area (Å²) >= 11 is 13.2. The van der Waals surface area contributed by atoms with Crippen LogP contribution in [0.5, 0.6) is 5.75 Å². The molecule has 1 N–H and O–H groups in total. The quantitative estimate of drug-likeness (QED) is 0.293.